The van der Waals surface area contributed by atoms with Crippen molar-refractivity contribution < 1.29 is 41.8 Å². The maximum atomic E-state index is 2.64. The minimum atomic E-state index is 0. The Hall–Kier alpha value is -2.18. The van der Waals surface area contributed by atoms with Crippen molar-refractivity contribution in [2.75, 3.05) is 57.1 Å². The second kappa shape index (κ2) is 14.3. The number of fused-ring (bicyclic) bond motifs is 2. The Kier molecular flexibility index (Phi) is 11.1. The molecule has 0 aliphatic carbocycles. The SMILES string of the molecule is CCCCN(CCC[N+](C)(C)CC)c1cc(C=C2Sc3ccccc3N2C)c2ccccc2[n+]1-c1ccccc1.[Y]. The van der Waals surface area contributed by atoms with Gasteiger partial charge < -0.3 is 9.38 Å². The zero-order valence-electron chi connectivity index (χ0n) is 25.4. The van der Waals surface area contributed by atoms with Crippen LogP contribution in [0.4, 0.5) is 11.5 Å². The summed E-state index contributed by atoms with van der Waals surface area (Å²) in [5.41, 5.74) is 5.00. The van der Waals surface area contributed by atoms with Crippen LogP contribution in [0.15, 0.2) is 94.9 Å². The van der Waals surface area contributed by atoms with E-state index in [2.05, 4.69) is 140 Å². The van der Waals surface area contributed by atoms with Gasteiger partial charge in [-0.25, -0.2) is 0 Å². The standard InChI is InChI=1S/C35H44N4S.Y/c1-6-8-23-37(24-16-25-39(4,5)7-2)34-26-28(27-35-36(3)32-21-14-15-22-33(32)40-35)30-19-12-13-20-31(30)38(34)29-17-10-9-11-18-29;/h9-15,17-22,26-27H,6-8,16,23-25H2,1-5H3;/q+2;. The van der Waals surface area contributed by atoms with Crippen molar-refractivity contribution in [2.45, 2.75) is 38.0 Å². The molecule has 0 fully saturated rings. The second-order valence-corrected chi connectivity index (χ2v) is 12.5. The molecule has 5 rings (SSSR count). The third-order valence-electron chi connectivity index (χ3n) is 8.19. The van der Waals surface area contributed by atoms with E-state index in [0.717, 1.165) is 30.5 Å². The van der Waals surface area contributed by atoms with Crippen LogP contribution in [0.2, 0.25) is 0 Å². The Balaban J connectivity index is 0.00000387. The molecule has 0 spiro atoms. The molecular weight excluding hydrogens is 597 g/mol. The average molecular weight is 642 g/mol. The molecule has 2 heterocycles. The molecule has 0 amide bonds. The zero-order valence-corrected chi connectivity index (χ0v) is 29.0. The van der Waals surface area contributed by atoms with Crippen LogP contribution < -0.4 is 14.4 Å². The number of para-hydroxylation sites is 3. The van der Waals surface area contributed by atoms with E-state index >= 15 is 0 Å². The Labute approximate surface area is 276 Å². The van der Waals surface area contributed by atoms with Crippen LogP contribution in [0.3, 0.4) is 0 Å². The topological polar surface area (TPSA) is 10.4 Å². The van der Waals surface area contributed by atoms with Gasteiger partial charge >= 0.3 is 0 Å². The maximum Gasteiger partial charge on any atom is 0.282 e. The first kappa shape index (κ1) is 31.8. The number of anilines is 2. The monoisotopic (exact) mass is 641 g/mol. The van der Waals surface area contributed by atoms with Crippen LogP contribution in [0.5, 0.6) is 0 Å². The summed E-state index contributed by atoms with van der Waals surface area (Å²) >= 11 is 1.86. The first-order valence-electron chi connectivity index (χ1n) is 14.7. The zero-order chi connectivity index (χ0) is 28.1. The van der Waals surface area contributed by atoms with E-state index < -0.39 is 0 Å². The van der Waals surface area contributed by atoms with Gasteiger partial charge in [0, 0.05) is 62.5 Å². The van der Waals surface area contributed by atoms with Gasteiger partial charge in [0.15, 0.2) is 0 Å². The maximum absolute atomic E-state index is 2.64. The second-order valence-electron chi connectivity index (χ2n) is 11.4. The van der Waals surface area contributed by atoms with Gasteiger partial charge in [0.05, 0.1) is 51.0 Å². The van der Waals surface area contributed by atoms with Gasteiger partial charge in [-0.15, -0.1) is 0 Å². The molecule has 1 aromatic heterocycles. The molecule has 4 nitrogen and oxygen atoms in total. The number of thioether (sulfide) groups is 1. The average Bonchev–Trinajstić information content (AvgIpc) is 3.30. The Morgan fingerprint density at radius 2 is 1.56 bits per heavy atom. The smallest absolute Gasteiger partial charge is 0.282 e. The minimum absolute atomic E-state index is 0. The number of aromatic nitrogens is 1. The van der Waals surface area contributed by atoms with Crippen molar-refractivity contribution in [2.24, 2.45) is 0 Å². The normalized spacial score (nSPS) is 13.9. The van der Waals surface area contributed by atoms with Crippen LogP contribution in [-0.2, 0) is 32.7 Å². The summed E-state index contributed by atoms with van der Waals surface area (Å²) in [7, 11) is 6.87. The van der Waals surface area contributed by atoms with Crippen LogP contribution >= 0.6 is 11.8 Å². The molecule has 1 aliphatic rings. The van der Waals surface area contributed by atoms with Crippen molar-refractivity contribution >= 4 is 40.2 Å². The Morgan fingerprint density at radius 1 is 0.878 bits per heavy atom. The molecule has 0 saturated heterocycles. The van der Waals surface area contributed by atoms with Gasteiger partial charge in [-0.3, -0.25) is 4.90 Å². The van der Waals surface area contributed by atoms with Crippen LogP contribution in [0.1, 0.15) is 38.7 Å². The van der Waals surface area contributed by atoms with E-state index in [9.17, 15) is 0 Å². The van der Waals surface area contributed by atoms with E-state index in [1.54, 1.807) is 0 Å². The van der Waals surface area contributed by atoms with Crippen LogP contribution in [0, 0.1) is 0 Å². The van der Waals surface area contributed by atoms with Crippen molar-refractivity contribution in [3.05, 3.63) is 95.5 Å². The third kappa shape index (κ3) is 7.25. The van der Waals surface area contributed by atoms with Gasteiger partial charge in [-0.05, 0) is 55.3 Å². The van der Waals surface area contributed by atoms with E-state index in [4.69, 9.17) is 0 Å². The summed E-state index contributed by atoms with van der Waals surface area (Å²) in [5, 5.41) is 2.53. The van der Waals surface area contributed by atoms with E-state index in [0.29, 0.717) is 0 Å². The fraction of sp³-hybridized carbons (Fsp3) is 0.343. The Morgan fingerprint density at radius 3 is 2.29 bits per heavy atom. The van der Waals surface area contributed by atoms with E-state index in [-0.39, 0.29) is 32.7 Å². The van der Waals surface area contributed by atoms with Gasteiger partial charge in [-0.1, -0.05) is 73.6 Å². The molecule has 0 saturated carbocycles. The number of rotatable bonds is 11. The molecule has 3 aromatic carbocycles. The third-order valence-corrected chi connectivity index (χ3v) is 9.35. The molecule has 0 atom stereocenters. The first-order chi connectivity index (χ1) is 19.4. The number of unbranched alkanes of at least 4 members (excludes halogenated alkanes) is 1. The number of benzene rings is 3. The quantitative estimate of drug-likeness (QED) is 0.123. The molecular formula is C35H44N4SY+2. The molecule has 0 bridgehead atoms. The number of pyridine rings is 1. The van der Waals surface area contributed by atoms with Crippen molar-refractivity contribution in [1.82, 2.24) is 0 Å². The van der Waals surface area contributed by atoms with Gasteiger partial charge in [0.2, 0.25) is 0 Å². The summed E-state index contributed by atoms with van der Waals surface area (Å²) < 4.78 is 3.53. The van der Waals surface area contributed by atoms with E-state index in [1.807, 2.05) is 11.8 Å². The van der Waals surface area contributed by atoms with Crippen LogP contribution in [0.25, 0.3) is 22.7 Å². The summed E-state index contributed by atoms with van der Waals surface area (Å²) in [4.78, 5) is 6.28. The van der Waals surface area contributed by atoms with Gasteiger partial charge in [-0.2, -0.15) is 4.57 Å². The predicted octanol–water partition coefficient (Wildman–Crippen LogP) is 7.75. The molecule has 1 radical (unpaired) electrons. The van der Waals surface area contributed by atoms with Crippen molar-refractivity contribution in [3.8, 4) is 5.69 Å². The van der Waals surface area contributed by atoms with Crippen molar-refractivity contribution in [3.63, 3.8) is 0 Å². The molecule has 0 unspecified atom stereocenters. The fourth-order valence-electron chi connectivity index (χ4n) is 5.44. The minimum Gasteiger partial charge on any atom is -0.338 e. The summed E-state index contributed by atoms with van der Waals surface area (Å²) in [5.74, 6) is 1.27. The first-order valence-corrected chi connectivity index (χ1v) is 15.6. The number of nitrogens with zero attached hydrogens (tertiary/aromatic N) is 4. The molecule has 4 aromatic rings. The Bertz CT molecular complexity index is 1480. The van der Waals surface area contributed by atoms with Crippen LogP contribution in [-0.4, -0.2) is 51.8 Å². The summed E-state index contributed by atoms with van der Waals surface area (Å²) in [6.45, 7) is 9.01. The molecule has 0 N–H and O–H groups in total. The number of hydrogen-bond acceptors (Lipinski definition) is 3. The molecule has 41 heavy (non-hydrogen) atoms. The fourth-order valence-corrected chi connectivity index (χ4v) is 6.54. The molecule has 211 valence electrons. The van der Waals surface area contributed by atoms with Gasteiger partial charge in [0.1, 0.15) is 11.2 Å². The summed E-state index contributed by atoms with van der Waals surface area (Å²) in [6.07, 6.45) is 5.91. The molecule has 6 heteroatoms. The van der Waals surface area contributed by atoms with E-state index in [1.165, 1.54) is 63.0 Å². The van der Waals surface area contributed by atoms with Gasteiger partial charge in [0.25, 0.3) is 5.82 Å². The summed E-state index contributed by atoms with van der Waals surface area (Å²) in [6, 6.07) is 30.9. The number of quaternary nitrogens is 1. The van der Waals surface area contributed by atoms with Crippen molar-refractivity contribution in [1.29, 1.82) is 0 Å². The molecule has 1 aliphatic heterocycles. The number of hydrogen-bond donors (Lipinski definition) is 0. The largest absolute Gasteiger partial charge is 0.338 e. The predicted molar refractivity (Wildman–Crippen MR) is 173 cm³/mol.